The van der Waals surface area contributed by atoms with Crippen molar-refractivity contribution in [1.82, 2.24) is 9.78 Å². The summed E-state index contributed by atoms with van der Waals surface area (Å²) in [5, 5.41) is 4.48. The van der Waals surface area contributed by atoms with Crippen LogP contribution in [0.4, 0.5) is 0 Å². The van der Waals surface area contributed by atoms with Crippen LogP contribution in [0.5, 0.6) is 0 Å². The van der Waals surface area contributed by atoms with E-state index >= 15 is 0 Å². The molecule has 56 valence electrons. The molecule has 4 heteroatoms. The zero-order chi connectivity index (χ0) is 7.56. The molecular weight excluding hydrogens is 164 g/mol. The third-order valence-corrected chi connectivity index (χ3v) is 2.89. The van der Waals surface area contributed by atoms with Crippen LogP contribution in [0, 0.1) is 0 Å². The minimum atomic E-state index is 0.428. The lowest BCUT2D eigenvalue weighted by molar-refractivity contribution is 0.767. The fourth-order valence-electron chi connectivity index (χ4n) is 0.711. The van der Waals surface area contributed by atoms with Crippen LogP contribution in [-0.4, -0.2) is 9.78 Å². The first kappa shape index (κ1) is 8.01. The first-order valence-electron chi connectivity index (χ1n) is 3.03. The number of nitrogens with zero attached hydrogens (tertiary/aromatic N) is 2. The molecule has 0 radical (unpaired) electrons. The lowest BCUT2D eigenvalue weighted by Gasteiger charge is -2.00. The molecule has 0 aliphatic heterocycles. The van der Waals surface area contributed by atoms with Crippen molar-refractivity contribution < 1.29 is 0 Å². The summed E-state index contributed by atoms with van der Waals surface area (Å²) in [6.45, 7) is 2.11. The summed E-state index contributed by atoms with van der Waals surface area (Å²) >= 11 is 4.12. The summed E-state index contributed by atoms with van der Waals surface area (Å²) in [6, 6.07) is 0. The zero-order valence-electron chi connectivity index (χ0n) is 5.98. The second kappa shape index (κ2) is 3.34. The van der Waals surface area contributed by atoms with Gasteiger partial charge in [0, 0.05) is 24.1 Å². The van der Waals surface area contributed by atoms with Crippen LogP contribution in [-0.2, 0) is 7.05 Å². The largest absolute Gasteiger partial charge is 0.276 e. The third-order valence-electron chi connectivity index (χ3n) is 1.35. The molecule has 0 bridgehead atoms. The third kappa shape index (κ3) is 1.70. The molecule has 1 unspecified atom stereocenters. The molecule has 1 aromatic heterocycles. The maximum atomic E-state index is 4.12. The number of aryl methyl sites for hydroxylation is 1. The van der Waals surface area contributed by atoms with Crippen LogP contribution in [0.25, 0.3) is 0 Å². The molecular formula is C6H10N2S2. The number of thiol groups is 1. The molecule has 0 fully saturated rings. The molecule has 1 rings (SSSR count). The highest BCUT2D eigenvalue weighted by Gasteiger charge is 2.04. The average molecular weight is 174 g/mol. The van der Waals surface area contributed by atoms with Gasteiger partial charge in [-0.1, -0.05) is 10.8 Å². The highest BCUT2D eigenvalue weighted by atomic mass is 33.1. The van der Waals surface area contributed by atoms with E-state index in [1.807, 2.05) is 19.4 Å². The molecule has 0 aliphatic rings. The maximum Gasteiger partial charge on any atom is 0.0533 e. The monoisotopic (exact) mass is 174 g/mol. The summed E-state index contributed by atoms with van der Waals surface area (Å²) in [6.07, 6.45) is 3.88. The lowest BCUT2D eigenvalue weighted by atomic mass is 10.3. The van der Waals surface area contributed by atoms with E-state index in [1.54, 1.807) is 4.68 Å². The van der Waals surface area contributed by atoms with Gasteiger partial charge in [-0.25, -0.2) is 0 Å². The van der Waals surface area contributed by atoms with Crippen molar-refractivity contribution in [3.8, 4) is 0 Å². The van der Waals surface area contributed by atoms with E-state index in [0.29, 0.717) is 5.25 Å². The van der Waals surface area contributed by atoms with Crippen molar-refractivity contribution in [2.75, 3.05) is 0 Å². The lowest BCUT2D eigenvalue weighted by Crippen LogP contribution is -1.85. The molecule has 0 amide bonds. The van der Waals surface area contributed by atoms with E-state index in [-0.39, 0.29) is 0 Å². The first-order valence-corrected chi connectivity index (χ1v) is 4.96. The smallest absolute Gasteiger partial charge is 0.0533 e. The molecule has 1 heterocycles. The zero-order valence-corrected chi connectivity index (χ0v) is 7.69. The molecule has 2 nitrogen and oxygen atoms in total. The highest BCUT2D eigenvalue weighted by molar-refractivity contribution is 8.68. The van der Waals surface area contributed by atoms with Gasteiger partial charge in [-0.3, -0.25) is 4.68 Å². The Balaban J connectivity index is 2.74. The Morgan fingerprint density at radius 2 is 2.50 bits per heavy atom. The van der Waals surface area contributed by atoms with Gasteiger partial charge in [0.25, 0.3) is 0 Å². The Morgan fingerprint density at radius 1 is 1.80 bits per heavy atom. The van der Waals surface area contributed by atoms with Crippen LogP contribution in [0.3, 0.4) is 0 Å². The van der Waals surface area contributed by atoms with E-state index in [0.717, 1.165) is 0 Å². The molecule has 0 spiro atoms. The summed E-state index contributed by atoms with van der Waals surface area (Å²) in [4.78, 5) is 0. The van der Waals surface area contributed by atoms with Crippen LogP contribution in [0.15, 0.2) is 12.4 Å². The van der Waals surface area contributed by atoms with Crippen molar-refractivity contribution >= 4 is 22.5 Å². The molecule has 0 N–H and O–H groups in total. The Bertz CT molecular complexity index is 209. The van der Waals surface area contributed by atoms with Crippen molar-refractivity contribution in [1.29, 1.82) is 0 Å². The maximum absolute atomic E-state index is 4.12. The van der Waals surface area contributed by atoms with Gasteiger partial charge >= 0.3 is 0 Å². The average Bonchev–Trinajstić information content (AvgIpc) is 2.34. The molecule has 1 aromatic rings. The van der Waals surface area contributed by atoms with Gasteiger partial charge in [-0.15, -0.1) is 11.7 Å². The quantitative estimate of drug-likeness (QED) is 0.546. The normalized spacial score (nSPS) is 13.5. The van der Waals surface area contributed by atoms with E-state index < -0.39 is 0 Å². The molecule has 0 aromatic carbocycles. The van der Waals surface area contributed by atoms with Gasteiger partial charge < -0.3 is 0 Å². The van der Waals surface area contributed by atoms with Gasteiger partial charge in [-0.05, 0) is 6.92 Å². The predicted molar refractivity (Wildman–Crippen MR) is 48.2 cm³/mol. The van der Waals surface area contributed by atoms with Gasteiger partial charge in [0.05, 0.1) is 6.20 Å². The van der Waals surface area contributed by atoms with Gasteiger partial charge in [0.2, 0.25) is 0 Å². The van der Waals surface area contributed by atoms with Crippen LogP contribution < -0.4 is 0 Å². The Labute approximate surface area is 69.8 Å². The fourth-order valence-corrected chi connectivity index (χ4v) is 1.32. The second-order valence-corrected chi connectivity index (χ2v) is 3.75. The number of rotatable bonds is 2. The van der Waals surface area contributed by atoms with Crippen LogP contribution in [0.1, 0.15) is 17.7 Å². The minimum Gasteiger partial charge on any atom is -0.276 e. The van der Waals surface area contributed by atoms with Crippen molar-refractivity contribution in [3.05, 3.63) is 18.0 Å². The Kier molecular flexibility index (Phi) is 2.68. The molecule has 10 heavy (non-hydrogen) atoms. The van der Waals surface area contributed by atoms with E-state index in [9.17, 15) is 0 Å². The van der Waals surface area contributed by atoms with E-state index in [1.165, 1.54) is 16.4 Å². The molecule has 0 aliphatic carbocycles. The highest BCUT2D eigenvalue weighted by Crippen LogP contribution is 2.29. The summed E-state index contributed by atoms with van der Waals surface area (Å²) in [5.41, 5.74) is 1.22. The molecule has 0 saturated heterocycles. The number of hydrogen-bond donors (Lipinski definition) is 1. The van der Waals surface area contributed by atoms with Gasteiger partial charge in [0.15, 0.2) is 0 Å². The van der Waals surface area contributed by atoms with E-state index in [2.05, 4.69) is 23.7 Å². The van der Waals surface area contributed by atoms with E-state index in [4.69, 9.17) is 0 Å². The fraction of sp³-hybridized carbons (Fsp3) is 0.500. The number of aromatic nitrogens is 2. The molecule has 1 atom stereocenters. The SMILES string of the molecule is CC(SS)c1cnn(C)c1. The van der Waals surface area contributed by atoms with Gasteiger partial charge in [-0.2, -0.15) is 5.10 Å². The van der Waals surface area contributed by atoms with Crippen molar-refractivity contribution in [2.45, 2.75) is 12.2 Å². The van der Waals surface area contributed by atoms with Crippen LogP contribution >= 0.6 is 22.5 Å². The van der Waals surface area contributed by atoms with Gasteiger partial charge in [0.1, 0.15) is 0 Å². The van der Waals surface area contributed by atoms with Crippen molar-refractivity contribution in [2.24, 2.45) is 7.05 Å². The standard InChI is InChI=1S/C6H10N2S2/c1-5(10-9)6-3-7-8(2)4-6/h3-5,9H,1-2H3. The minimum absolute atomic E-state index is 0.428. The van der Waals surface area contributed by atoms with Crippen LogP contribution in [0.2, 0.25) is 0 Å². The predicted octanol–water partition coefficient (Wildman–Crippen LogP) is 2.06. The topological polar surface area (TPSA) is 17.8 Å². The summed E-state index contributed by atoms with van der Waals surface area (Å²) in [7, 11) is 3.45. The Morgan fingerprint density at radius 3 is 2.90 bits per heavy atom. The molecule has 0 saturated carbocycles. The summed E-state index contributed by atoms with van der Waals surface area (Å²) in [5.74, 6) is 0. The number of hydrogen-bond acceptors (Lipinski definition) is 3. The van der Waals surface area contributed by atoms with Crippen molar-refractivity contribution in [3.63, 3.8) is 0 Å². The first-order chi connectivity index (χ1) is 4.74. The Hall–Kier alpha value is -0.0900. The summed E-state index contributed by atoms with van der Waals surface area (Å²) < 4.78 is 1.80. The second-order valence-electron chi connectivity index (χ2n) is 2.19.